The summed E-state index contributed by atoms with van der Waals surface area (Å²) in [5, 5.41) is 1.28. The molecule has 0 spiro atoms. The minimum atomic E-state index is -4.69. The second kappa shape index (κ2) is 7.53. The summed E-state index contributed by atoms with van der Waals surface area (Å²) >= 11 is 1.69. The summed E-state index contributed by atoms with van der Waals surface area (Å²) in [5.41, 5.74) is -0.338. The number of hydrogen-bond donors (Lipinski definition) is 1. The van der Waals surface area contributed by atoms with Crippen LogP contribution in [-0.2, 0) is 12.7 Å². The molecule has 2 aliphatic carbocycles. The maximum Gasteiger partial charge on any atom is 0.434 e. The van der Waals surface area contributed by atoms with Gasteiger partial charge in [-0.15, -0.1) is 0 Å². The summed E-state index contributed by atoms with van der Waals surface area (Å²) in [6.07, 6.45) is 3.82. The van der Waals surface area contributed by atoms with Crippen molar-refractivity contribution in [1.29, 1.82) is 0 Å². The summed E-state index contributed by atoms with van der Waals surface area (Å²) in [6, 6.07) is 4.15. The predicted molar refractivity (Wildman–Crippen MR) is 108 cm³/mol. The highest BCUT2D eigenvalue weighted by Gasteiger charge is 2.36. The van der Waals surface area contributed by atoms with Gasteiger partial charge in [-0.2, -0.15) is 13.2 Å². The van der Waals surface area contributed by atoms with Crippen molar-refractivity contribution in [2.75, 3.05) is 0 Å². The first-order valence-electron chi connectivity index (χ1n) is 10.0. The van der Waals surface area contributed by atoms with Crippen LogP contribution in [0.25, 0.3) is 22.3 Å². The van der Waals surface area contributed by atoms with E-state index in [4.69, 9.17) is 0 Å². The number of nitrogens with one attached hydrogen (secondary N) is 1. The van der Waals surface area contributed by atoms with Crippen molar-refractivity contribution in [2.45, 2.75) is 56.1 Å². The Balaban J connectivity index is 1.60. The largest absolute Gasteiger partial charge is 0.434 e. The topological polar surface area (TPSA) is 42.7 Å². The molecule has 0 saturated heterocycles. The van der Waals surface area contributed by atoms with Gasteiger partial charge in [-0.05, 0) is 55.9 Å². The third kappa shape index (κ3) is 3.69. The van der Waals surface area contributed by atoms with Crippen LogP contribution in [0, 0.1) is 5.82 Å². The summed E-state index contributed by atoms with van der Waals surface area (Å²) in [7, 11) is 0. The number of alkyl halides is 3. The zero-order valence-corrected chi connectivity index (χ0v) is 16.9. The summed E-state index contributed by atoms with van der Waals surface area (Å²) in [4.78, 5) is 7.86. The van der Waals surface area contributed by atoms with E-state index in [9.17, 15) is 13.2 Å². The molecule has 4 nitrogen and oxygen atoms in total. The number of fused-ring (bicyclic) bond motifs is 1. The number of hydrogen-bond acceptors (Lipinski definition) is 4. The molecule has 0 bridgehead atoms. The third-order valence-corrected chi connectivity index (χ3v) is 6.79. The van der Waals surface area contributed by atoms with Crippen molar-refractivity contribution >= 4 is 23.0 Å². The molecule has 9 heteroatoms. The van der Waals surface area contributed by atoms with Crippen LogP contribution in [0.4, 0.5) is 17.6 Å². The first-order chi connectivity index (χ1) is 14.4. The van der Waals surface area contributed by atoms with Gasteiger partial charge in [-0.1, -0.05) is 11.9 Å². The number of aromatic nitrogens is 3. The Hall–Kier alpha value is -2.13. The van der Waals surface area contributed by atoms with Crippen LogP contribution >= 0.6 is 11.9 Å². The molecule has 2 fully saturated rings. The van der Waals surface area contributed by atoms with Crippen molar-refractivity contribution in [1.82, 2.24) is 19.3 Å². The number of rotatable bonds is 6. The van der Waals surface area contributed by atoms with Crippen LogP contribution in [0.1, 0.15) is 49.4 Å². The van der Waals surface area contributed by atoms with Crippen LogP contribution in [-0.4, -0.2) is 19.8 Å². The molecule has 3 aromatic rings. The second-order valence-electron chi connectivity index (χ2n) is 7.87. The van der Waals surface area contributed by atoms with Gasteiger partial charge in [-0.25, -0.2) is 9.37 Å². The standard InChI is InChI=1S/C21H20F4N4S/c22-17-9-16-12(10-27-30-14-6-7-14)11-29(13-3-1-4-13)20(16)28-18(17)15-5-2-8-26-19(15)21(23,24)25/h2,5,8-9,11,13-14,27H,1,3-4,6-7,10H2. The Kier molecular flexibility index (Phi) is 4.97. The van der Waals surface area contributed by atoms with Gasteiger partial charge in [0.1, 0.15) is 17.2 Å². The monoisotopic (exact) mass is 436 g/mol. The molecule has 3 aromatic heterocycles. The molecule has 1 N–H and O–H groups in total. The van der Waals surface area contributed by atoms with E-state index in [1.54, 1.807) is 11.9 Å². The summed E-state index contributed by atoms with van der Waals surface area (Å²) in [6.45, 7) is 0.554. The lowest BCUT2D eigenvalue weighted by Crippen LogP contribution is -2.16. The lowest BCUT2D eigenvalue weighted by Gasteiger charge is -2.27. The van der Waals surface area contributed by atoms with E-state index in [2.05, 4.69) is 14.7 Å². The number of nitrogens with zero attached hydrogens (tertiary/aromatic N) is 3. The molecule has 0 atom stereocenters. The van der Waals surface area contributed by atoms with E-state index >= 15 is 4.39 Å². The fourth-order valence-corrected chi connectivity index (χ4v) is 4.58. The Morgan fingerprint density at radius 3 is 2.67 bits per heavy atom. The van der Waals surface area contributed by atoms with Crippen molar-refractivity contribution in [3.63, 3.8) is 0 Å². The molecule has 2 saturated carbocycles. The maximum atomic E-state index is 15.0. The van der Waals surface area contributed by atoms with Crippen molar-refractivity contribution in [3.8, 4) is 11.3 Å². The van der Waals surface area contributed by atoms with E-state index < -0.39 is 17.7 Å². The van der Waals surface area contributed by atoms with Crippen molar-refractivity contribution < 1.29 is 17.6 Å². The molecule has 158 valence electrons. The molecule has 30 heavy (non-hydrogen) atoms. The summed E-state index contributed by atoms with van der Waals surface area (Å²) < 4.78 is 60.7. The number of halogens is 4. The molecule has 3 heterocycles. The predicted octanol–water partition coefficient (Wildman–Crippen LogP) is 5.88. The quantitative estimate of drug-likeness (QED) is 0.387. The van der Waals surface area contributed by atoms with Crippen LogP contribution in [0.3, 0.4) is 0 Å². The average molecular weight is 436 g/mol. The second-order valence-corrected chi connectivity index (χ2v) is 9.06. The van der Waals surface area contributed by atoms with Crippen LogP contribution in [0.2, 0.25) is 0 Å². The van der Waals surface area contributed by atoms with E-state index in [1.165, 1.54) is 31.0 Å². The molecule has 0 unspecified atom stereocenters. The van der Waals surface area contributed by atoms with E-state index in [-0.39, 0.29) is 17.3 Å². The van der Waals surface area contributed by atoms with E-state index in [0.717, 1.165) is 31.0 Å². The molecular formula is C21H20F4N4S. The molecule has 0 aromatic carbocycles. The van der Waals surface area contributed by atoms with Crippen LogP contribution in [0.5, 0.6) is 0 Å². The van der Waals surface area contributed by atoms with Gasteiger partial charge in [-0.3, -0.25) is 9.71 Å². The van der Waals surface area contributed by atoms with Crippen molar-refractivity contribution in [3.05, 3.63) is 47.7 Å². The van der Waals surface area contributed by atoms with Crippen molar-refractivity contribution in [2.24, 2.45) is 0 Å². The van der Waals surface area contributed by atoms with Crippen LogP contribution in [0.15, 0.2) is 30.6 Å². The molecule has 0 aliphatic heterocycles. The Morgan fingerprint density at radius 1 is 1.20 bits per heavy atom. The highest BCUT2D eigenvalue weighted by molar-refractivity contribution is 7.98. The lowest BCUT2D eigenvalue weighted by molar-refractivity contribution is -0.140. The third-order valence-electron chi connectivity index (χ3n) is 5.68. The normalized spacial score (nSPS) is 17.5. The Bertz CT molecular complexity index is 1090. The van der Waals surface area contributed by atoms with Gasteiger partial charge in [0.25, 0.3) is 0 Å². The fraction of sp³-hybridized carbons (Fsp3) is 0.429. The molecule has 0 radical (unpaired) electrons. The van der Waals surface area contributed by atoms with E-state index in [1.807, 2.05) is 10.8 Å². The number of pyridine rings is 2. The lowest BCUT2D eigenvalue weighted by atomic mass is 9.93. The van der Waals surface area contributed by atoms with Gasteiger partial charge >= 0.3 is 6.18 Å². The zero-order valence-electron chi connectivity index (χ0n) is 16.0. The van der Waals surface area contributed by atoms with Gasteiger partial charge in [0.2, 0.25) is 0 Å². The fourth-order valence-electron chi connectivity index (χ4n) is 3.73. The minimum absolute atomic E-state index is 0.249. The SMILES string of the molecule is Fc1cc2c(CNSC3CC3)cn(C3CCC3)c2nc1-c1cccnc1C(F)(F)F. The minimum Gasteiger partial charge on any atom is -0.329 e. The first-order valence-corrected chi connectivity index (χ1v) is 10.9. The average Bonchev–Trinajstić information content (AvgIpc) is 3.43. The van der Waals surface area contributed by atoms with Gasteiger partial charge in [0.05, 0.1) is 0 Å². The van der Waals surface area contributed by atoms with Gasteiger partial charge < -0.3 is 4.57 Å². The first kappa shape index (κ1) is 19.8. The molecule has 2 aliphatic rings. The highest BCUT2D eigenvalue weighted by Crippen LogP contribution is 2.40. The highest BCUT2D eigenvalue weighted by atomic mass is 32.2. The summed E-state index contributed by atoms with van der Waals surface area (Å²) in [5.74, 6) is -0.775. The molecular weight excluding hydrogens is 416 g/mol. The van der Waals surface area contributed by atoms with E-state index in [0.29, 0.717) is 22.8 Å². The smallest absolute Gasteiger partial charge is 0.329 e. The Morgan fingerprint density at radius 2 is 2.00 bits per heavy atom. The Labute approximate surface area is 175 Å². The van der Waals surface area contributed by atoms with Gasteiger partial charge in [0.15, 0.2) is 5.69 Å². The van der Waals surface area contributed by atoms with Gasteiger partial charge in [0, 0.05) is 41.2 Å². The van der Waals surface area contributed by atoms with Crippen LogP contribution < -0.4 is 4.72 Å². The zero-order chi connectivity index (χ0) is 20.9. The molecule has 5 rings (SSSR count). The molecule has 0 amide bonds. The maximum absolute atomic E-state index is 15.0.